The average molecular weight is 400 g/mol. The molecule has 4 N–H and O–H groups in total. The number of aromatic amines is 1. The number of hydrogen-bond acceptors (Lipinski definition) is 4. The van der Waals surface area contributed by atoms with E-state index in [4.69, 9.17) is 5.11 Å². The molecule has 0 aliphatic rings. The van der Waals surface area contributed by atoms with Gasteiger partial charge in [0.15, 0.2) is 11.4 Å². The number of aryl methyl sites for hydroxylation is 1. The van der Waals surface area contributed by atoms with E-state index in [0.29, 0.717) is 0 Å². The molecule has 0 radical (unpaired) electrons. The van der Waals surface area contributed by atoms with Gasteiger partial charge in [-0.25, -0.2) is 18.6 Å². The van der Waals surface area contributed by atoms with Crippen molar-refractivity contribution in [2.24, 2.45) is 0 Å². The van der Waals surface area contributed by atoms with E-state index in [1.165, 1.54) is 31.2 Å². The summed E-state index contributed by atoms with van der Waals surface area (Å²) < 4.78 is 27.2. The van der Waals surface area contributed by atoms with Gasteiger partial charge in [-0.1, -0.05) is 0 Å². The van der Waals surface area contributed by atoms with Gasteiger partial charge < -0.3 is 20.7 Å². The summed E-state index contributed by atoms with van der Waals surface area (Å²) in [4.78, 5) is 41.8. The molecule has 2 aromatic carbocycles. The maximum absolute atomic E-state index is 14.3. The fraction of sp³-hybridized carbons (Fsp3) is 0.0526. The van der Waals surface area contributed by atoms with Crippen molar-refractivity contribution in [3.8, 4) is 0 Å². The molecule has 0 fully saturated rings. The van der Waals surface area contributed by atoms with E-state index in [1.54, 1.807) is 0 Å². The Morgan fingerprint density at radius 2 is 1.69 bits per heavy atom. The molecule has 148 valence electrons. The molecule has 10 heteroatoms. The van der Waals surface area contributed by atoms with Gasteiger partial charge in [-0.15, -0.1) is 0 Å². The highest BCUT2D eigenvalue weighted by atomic mass is 19.1. The number of nitrogens with zero attached hydrogens (tertiary/aromatic N) is 1. The molecule has 1 aromatic heterocycles. The van der Waals surface area contributed by atoms with Crippen LogP contribution in [0.25, 0.3) is 0 Å². The van der Waals surface area contributed by atoms with Gasteiger partial charge in [-0.3, -0.25) is 9.59 Å². The number of carbonyl (C=O) groups excluding carboxylic acids is 2. The van der Waals surface area contributed by atoms with E-state index in [9.17, 15) is 23.2 Å². The molecule has 0 spiro atoms. The molecule has 0 saturated carbocycles. The molecular weight excluding hydrogens is 386 g/mol. The first kappa shape index (κ1) is 19.7. The SMILES string of the molecule is Cc1nc(C(=O)Nc2ccc(NC(=O)c3ccc(F)cc3)c(F)c2)c(C(=O)O)[nH]1. The van der Waals surface area contributed by atoms with Crippen LogP contribution < -0.4 is 10.6 Å². The van der Waals surface area contributed by atoms with Gasteiger partial charge in [0.05, 0.1) is 5.69 Å². The second-order valence-electron chi connectivity index (χ2n) is 5.96. The third kappa shape index (κ3) is 4.43. The van der Waals surface area contributed by atoms with Crippen LogP contribution in [0.5, 0.6) is 0 Å². The van der Waals surface area contributed by atoms with Gasteiger partial charge in [-0.05, 0) is 49.4 Å². The Hall–Kier alpha value is -4.08. The molecule has 3 rings (SSSR count). The van der Waals surface area contributed by atoms with Crippen LogP contribution in [0.15, 0.2) is 42.5 Å². The second-order valence-corrected chi connectivity index (χ2v) is 5.96. The second kappa shape index (κ2) is 7.89. The summed E-state index contributed by atoms with van der Waals surface area (Å²) in [5.41, 5.74) is -0.713. The Labute approximate surface area is 162 Å². The minimum atomic E-state index is -1.36. The number of carboxylic acid groups (broad SMARTS) is 1. The summed E-state index contributed by atoms with van der Waals surface area (Å²) in [6.07, 6.45) is 0. The Kier molecular flexibility index (Phi) is 5.35. The minimum absolute atomic E-state index is 0.0317. The zero-order valence-electron chi connectivity index (χ0n) is 14.9. The van der Waals surface area contributed by atoms with E-state index in [0.717, 1.165) is 18.2 Å². The first-order valence-electron chi connectivity index (χ1n) is 8.22. The first-order valence-corrected chi connectivity index (χ1v) is 8.22. The number of anilines is 2. The highest BCUT2D eigenvalue weighted by Crippen LogP contribution is 2.21. The van der Waals surface area contributed by atoms with Gasteiger partial charge in [0.25, 0.3) is 11.8 Å². The predicted molar refractivity (Wildman–Crippen MR) is 99.0 cm³/mol. The first-order chi connectivity index (χ1) is 13.7. The standard InChI is InChI=1S/C19H14F2N4O4/c1-9-22-15(16(23-9)19(28)29)18(27)24-12-6-7-14(13(21)8-12)25-17(26)10-2-4-11(20)5-3-10/h2-8H,1H3,(H,22,23)(H,24,27)(H,25,26)(H,28,29). The third-order valence-electron chi connectivity index (χ3n) is 3.83. The van der Waals surface area contributed by atoms with E-state index < -0.39 is 29.4 Å². The number of imidazole rings is 1. The van der Waals surface area contributed by atoms with Gasteiger partial charge in [0.1, 0.15) is 17.5 Å². The number of benzene rings is 2. The quantitative estimate of drug-likeness (QED) is 0.524. The Morgan fingerprint density at radius 3 is 2.31 bits per heavy atom. The molecule has 29 heavy (non-hydrogen) atoms. The number of aromatic nitrogens is 2. The number of hydrogen-bond donors (Lipinski definition) is 4. The van der Waals surface area contributed by atoms with Crippen LogP contribution in [0.2, 0.25) is 0 Å². The summed E-state index contributed by atoms with van der Waals surface area (Å²) >= 11 is 0. The van der Waals surface area contributed by atoms with Crippen LogP contribution in [0, 0.1) is 18.6 Å². The van der Waals surface area contributed by atoms with Crippen LogP contribution >= 0.6 is 0 Å². The largest absolute Gasteiger partial charge is 0.477 e. The molecule has 1 heterocycles. The van der Waals surface area contributed by atoms with Crippen LogP contribution in [0.3, 0.4) is 0 Å². The third-order valence-corrected chi connectivity index (χ3v) is 3.83. The van der Waals surface area contributed by atoms with Crippen LogP contribution in [-0.2, 0) is 0 Å². The number of aromatic carboxylic acids is 1. The fourth-order valence-corrected chi connectivity index (χ4v) is 2.49. The zero-order valence-corrected chi connectivity index (χ0v) is 14.9. The van der Waals surface area contributed by atoms with Crippen LogP contribution in [0.1, 0.15) is 37.2 Å². The summed E-state index contributed by atoms with van der Waals surface area (Å²) in [5, 5.41) is 13.8. The Morgan fingerprint density at radius 1 is 1.00 bits per heavy atom. The van der Waals surface area contributed by atoms with Crippen molar-refractivity contribution in [2.75, 3.05) is 10.6 Å². The zero-order chi connectivity index (χ0) is 21.1. The Balaban J connectivity index is 1.74. The maximum Gasteiger partial charge on any atom is 0.354 e. The lowest BCUT2D eigenvalue weighted by molar-refractivity contribution is 0.0686. The molecule has 0 bridgehead atoms. The van der Waals surface area contributed by atoms with Gasteiger partial charge in [0.2, 0.25) is 0 Å². The monoisotopic (exact) mass is 400 g/mol. The van der Waals surface area contributed by atoms with Crippen molar-refractivity contribution in [1.82, 2.24) is 9.97 Å². The van der Waals surface area contributed by atoms with Crippen molar-refractivity contribution >= 4 is 29.2 Å². The number of amides is 2. The van der Waals surface area contributed by atoms with Crippen molar-refractivity contribution < 1.29 is 28.3 Å². The van der Waals surface area contributed by atoms with Crippen molar-refractivity contribution in [1.29, 1.82) is 0 Å². The fourth-order valence-electron chi connectivity index (χ4n) is 2.49. The van der Waals surface area contributed by atoms with Crippen molar-refractivity contribution in [3.63, 3.8) is 0 Å². The lowest BCUT2D eigenvalue weighted by Crippen LogP contribution is -2.17. The lowest BCUT2D eigenvalue weighted by atomic mass is 10.2. The molecule has 2 amide bonds. The molecule has 0 aliphatic heterocycles. The molecule has 0 atom stereocenters. The van der Waals surface area contributed by atoms with Crippen LogP contribution in [0.4, 0.5) is 20.2 Å². The van der Waals surface area contributed by atoms with E-state index in [1.807, 2.05) is 0 Å². The highest BCUT2D eigenvalue weighted by Gasteiger charge is 2.22. The average Bonchev–Trinajstić information content (AvgIpc) is 3.07. The molecule has 0 unspecified atom stereocenters. The topological polar surface area (TPSA) is 124 Å². The normalized spacial score (nSPS) is 10.4. The smallest absolute Gasteiger partial charge is 0.354 e. The van der Waals surface area contributed by atoms with E-state index in [-0.39, 0.29) is 34.2 Å². The number of H-pyrrole nitrogens is 1. The number of carbonyl (C=O) groups is 3. The number of halogens is 2. The number of nitrogens with one attached hydrogen (secondary N) is 3. The van der Waals surface area contributed by atoms with E-state index in [2.05, 4.69) is 20.6 Å². The van der Waals surface area contributed by atoms with Gasteiger partial charge in [-0.2, -0.15) is 0 Å². The minimum Gasteiger partial charge on any atom is -0.477 e. The molecule has 0 saturated heterocycles. The van der Waals surface area contributed by atoms with Gasteiger partial charge in [0, 0.05) is 11.3 Å². The molecule has 0 aliphatic carbocycles. The number of carboxylic acids is 1. The molecular formula is C19H14F2N4O4. The summed E-state index contributed by atoms with van der Waals surface area (Å²) in [6.45, 7) is 1.49. The van der Waals surface area contributed by atoms with Crippen molar-refractivity contribution in [3.05, 3.63) is 76.9 Å². The summed E-state index contributed by atoms with van der Waals surface area (Å²) in [6, 6.07) is 8.21. The number of rotatable bonds is 5. The molecule has 8 nitrogen and oxygen atoms in total. The van der Waals surface area contributed by atoms with Gasteiger partial charge >= 0.3 is 5.97 Å². The summed E-state index contributed by atoms with van der Waals surface area (Å²) in [5.74, 6) is -3.95. The predicted octanol–water partition coefficient (Wildman–Crippen LogP) is 3.20. The van der Waals surface area contributed by atoms with Crippen LogP contribution in [-0.4, -0.2) is 32.9 Å². The maximum atomic E-state index is 14.3. The lowest BCUT2D eigenvalue weighted by Gasteiger charge is -2.09. The highest BCUT2D eigenvalue weighted by molar-refractivity contribution is 6.09. The summed E-state index contributed by atoms with van der Waals surface area (Å²) in [7, 11) is 0. The Bertz CT molecular complexity index is 1110. The molecule has 3 aromatic rings. The van der Waals surface area contributed by atoms with Crippen molar-refractivity contribution in [2.45, 2.75) is 6.92 Å². The van der Waals surface area contributed by atoms with E-state index >= 15 is 0 Å².